The highest BCUT2D eigenvalue weighted by atomic mass is 28.3. The number of aliphatic hydroxyl groups excluding tert-OH is 1. The highest BCUT2D eigenvalue weighted by molar-refractivity contribution is 6.87. The summed E-state index contributed by atoms with van der Waals surface area (Å²) >= 11 is 0. The Balaban J connectivity index is 0.912. The molecule has 3 aromatic carbocycles. The summed E-state index contributed by atoms with van der Waals surface area (Å²) in [5.74, 6) is 2.74. The summed E-state index contributed by atoms with van der Waals surface area (Å²) in [6.07, 6.45) is 4.58. The lowest BCUT2D eigenvalue weighted by atomic mass is 9.88. The number of carbonyl (C=O) groups excluding carboxylic acids is 4. The molecular formula is C66H86N12O7Si. The Morgan fingerprint density at radius 2 is 1.58 bits per heavy atom. The van der Waals surface area contributed by atoms with Crippen LogP contribution >= 0.6 is 0 Å². The van der Waals surface area contributed by atoms with Gasteiger partial charge >= 0.3 is 6.09 Å². The Morgan fingerprint density at radius 3 is 2.20 bits per heavy atom. The number of nitriles is 1. The molecule has 86 heavy (non-hydrogen) atoms. The van der Waals surface area contributed by atoms with E-state index >= 15 is 0 Å². The van der Waals surface area contributed by atoms with Crippen molar-refractivity contribution in [3.05, 3.63) is 119 Å². The van der Waals surface area contributed by atoms with Gasteiger partial charge in [-0.25, -0.2) is 14.2 Å². The Hall–Kier alpha value is -7.91. The van der Waals surface area contributed by atoms with E-state index in [-0.39, 0.29) is 60.2 Å². The standard InChI is InChI=1S/C66H86N12O7Si/c1-43(2)60(78-38-44(3)71-73-78)62(82)76-40-52(79)34-56(76)61(81)70-54(47-19-15-45(16-20-47)26-32-86(13,14)66(10,11)12)35-58(80)75-30-28-74(29-31-75)39-46-17-22-51(23-18-46)77-41-55-59(72-77)53(25-27-68-55)48-21-24-57(49(33-48)37-67)84-42-50(36-64(4,5)6)69-63(83)85-65(7,8)9/h15-25,27,33,38,41,43,50,52,54,56,60,79H,28-31,34-36,39-40,42H2,1-14H3,(H,69,83)(H,70,81)/t50-,52+,54-,56-,60?/m0/s1. The summed E-state index contributed by atoms with van der Waals surface area (Å²) in [5.41, 5.74) is 10.3. The first kappa shape index (κ1) is 64.1. The topological polar surface area (TPSA) is 226 Å². The van der Waals surface area contributed by atoms with Crippen LogP contribution in [0.4, 0.5) is 4.79 Å². The van der Waals surface area contributed by atoms with Crippen LogP contribution in [0.3, 0.4) is 0 Å². The molecule has 20 heteroatoms. The number of amides is 4. The molecule has 8 rings (SSSR count). The lowest BCUT2D eigenvalue weighted by molar-refractivity contribution is -0.143. The predicted octanol–water partition coefficient (Wildman–Crippen LogP) is 9.72. The van der Waals surface area contributed by atoms with E-state index < -0.39 is 49.9 Å². The van der Waals surface area contributed by atoms with Crippen molar-refractivity contribution in [3.63, 3.8) is 0 Å². The molecule has 2 saturated heterocycles. The van der Waals surface area contributed by atoms with Crippen LogP contribution in [0.1, 0.15) is 135 Å². The van der Waals surface area contributed by atoms with Crippen molar-refractivity contribution < 1.29 is 33.8 Å². The average molecular weight is 1190 g/mol. The molecule has 5 heterocycles. The zero-order valence-electron chi connectivity index (χ0n) is 52.6. The van der Waals surface area contributed by atoms with E-state index in [0.717, 1.165) is 33.5 Å². The van der Waals surface area contributed by atoms with Crippen molar-refractivity contribution in [2.45, 2.75) is 163 Å². The number of nitrogens with zero attached hydrogens (tertiary/aromatic N) is 10. The highest BCUT2D eigenvalue weighted by Crippen LogP contribution is 2.36. The molecule has 2 fully saturated rings. The van der Waals surface area contributed by atoms with E-state index in [1.54, 1.807) is 36.1 Å². The van der Waals surface area contributed by atoms with E-state index in [1.807, 2.05) is 94.2 Å². The number of rotatable bonds is 17. The molecule has 5 atom stereocenters. The Labute approximate surface area is 507 Å². The van der Waals surface area contributed by atoms with Gasteiger partial charge in [0, 0.05) is 69.2 Å². The van der Waals surface area contributed by atoms with E-state index in [1.165, 1.54) is 9.58 Å². The molecule has 19 nitrogen and oxygen atoms in total. The predicted molar refractivity (Wildman–Crippen MR) is 334 cm³/mol. The Bertz CT molecular complexity index is 3490. The van der Waals surface area contributed by atoms with Crippen LogP contribution in [-0.4, -0.2) is 145 Å². The monoisotopic (exact) mass is 1190 g/mol. The van der Waals surface area contributed by atoms with Crippen molar-refractivity contribution in [3.8, 4) is 40.1 Å². The normalized spacial score (nSPS) is 17.1. The van der Waals surface area contributed by atoms with Crippen LogP contribution in [0.5, 0.6) is 5.75 Å². The second-order valence-electron chi connectivity index (χ2n) is 27.2. The number of carbonyl (C=O) groups is 4. The van der Waals surface area contributed by atoms with Crippen LogP contribution in [0.25, 0.3) is 27.8 Å². The minimum absolute atomic E-state index is 0.00373. The second kappa shape index (κ2) is 26.4. The number of likely N-dealkylation sites (tertiary alicyclic amines) is 1. The fourth-order valence-electron chi connectivity index (χ4n) is 10.6. The molecule has 4 amide bonds. The van der Waals surface area contributed by atoms with Crippen molar-refractivity contribution in [2.75, 3.05) is 39.3 Å². The molecule has 456 valence electrons. The number of β-amino-alcohol motifs (C(OH)–C–C–N with tert-alkyl or cyclic N) is 1. The molecule has 3 aromatic heterocycles. The third-order valence-electron chi connectivity index (χ3n) is 16.2. The SMILES string of the molecule is Cc1cn(C(C(=O)N2C[C@H](O)C[C@H]2C(=O)N[C@@H](CC(=O)N2CCN(Cc3ccc(-n4cc5nccc(-c6ccc(OC[C@H](CC(C)(C)C)NC(=O)OC(C)(C)C)c(C#N)c6)c5n4)cc3)CC2)c2ccc(C#C[Si](C)(C)C(C)(C)C)cc2)C(C)C)nn1. The fourth-order valence-corrected chi connectivity index (χ4v) is 11.5. The molecule has 2 aliphatic heterocycles. The van der Waals surface area contributed by atoms with E-state index in [4.69, 9.17) is 14.6 Å². The maximum Gasteiger partial charge on any atom is 0.407 e. The van der Waals surface area contributed by atoms with Gasteiger partial charge in [0.2, 0.25) is 17.7 Å². The molecule has 0 saturated carbocycles. The van der Waals surface area contributed by atoms with Crippen LogP contribution in [0.2, 0.25) is 18.1 Å². The Kier molecular flexibility index (Phi) is 19.7. The molecular weight excluding hydrogens is 1100 g/mol. The van der Waals surface area contributed by atoms with Gasteiger partial charge in [-0.3, -0.25) is 24.3 Å². The van der Waals surface area contributed by atoms with E-state index in [2.05, 4.69) is 115 Å². The third-order valence-corrected chi connectivity index (χ3v) is 20.7. The van der Waals surface area contributed by atoms with Crippen molar-refractivity contribution in [1.82, 2.24) is 55.1 Å². The van der Waals surface area contributed by atoms with Gasteiger partial charge in [-0.15, -0.1) is 10.6 Å². The number of hydrogen-bond acceptors (Lipinski definition) is 13. The first-order valence-electron chi connectivity index (χ1n) is 29.9. The molecule has 1 unspecified atom stereocenters. The largest absolute Gasteiger partial charge is 0.490 e. The average Bonchev–Trinajstić information content (AvgIpc) is 4.17. The lowest BCUT2D eigenvalue weighted by Gasteiger charge is -2.36. The fraction of sp³-hybridized carbons (Fsp3) is 0.500. The van der Waals surface area contributed by atoms with Crippen molar-refractivity contribution in [2.24, 2.45) is 11.3 Å². The summed E-state index contributed by atoms with van der Waals surface area (Å²) in [5, 5.41) is 40.7. The first-order valence-corrected chi connectivity index (χ1v) is 32.9. The number of pyridine rings is 1. The van der Waals surface area contributed by atoms with Gasteiger partial charge in [0.1, 0.15) is 55.2 Å². The molecule has 2 aliphatic rings. The summed E-state index contributed by atoms with van der Waals surface area (Å²) in [4.78, 5) is 66.1. The van der Waals surface area contributed by atoms with Gasteiger partial charge in [-0.1, -0.05) is 110 Å². The van der Waals surface area contributed by atoms with Crippen LogP contribution in [0, 0.1) is 41.1 Å². The number of benzene rings is 3. The number of aryl methyl sites for hydroxylation is 1. The molecule has 0 aliphatic carbocycles. The van der Waals surface area contributed by atoms with Gasteiger partial charge in [-0.05, 0) is 110 Å². The smallest absolute Gasteiger partial charge is 0.407 e. The van der Waals surface area contributed by atoms with Crippen LogP contribution in [-0.2, 0) is 25.7 Å². The molecule has 6 aromatic rings. The number of nitrogens with one attached hydrogen (secondary N) is 2. The maximum absolute atomic E-state index is 14.5. The minimum Gasteiger partial charge on any atom is -0.490 e. The van der Waals surface area contributed by atoms with Gasteiger partial charge in [0.05, 0.1) is 47.8 Å². The van der Waals surface area contributed by atoms with E-state index in [0.29, 0.717) is 67.2 Å². The van der Waals surface area contributed by atoms with Gasteiger partial charge in [0.25, 0.3) is 0 Å². The number of hydrogen-bond donors (Lipinski definition) is 3. The second-order valence-corrected chi connectivity index (χ2v) is 32.2. The summed E-state index contributed by atoms with van der Waals surface area (Å²) in [7, 11) is -1.89. The number of piperazine rings is 1. The minimum atomic E-state index is -1.89. The van der Waals surface area contributed by atoms with Gasteiger partial charge < -0.3 is 35.0 Å². The number of aromatic nitrogens is 6. The zero-order valence-corrected chi connectivity index (χ0v) is 53.6. The number of ether oxygens (including phenoxy) is 2. The molecule has 0 bridgehead atoms. The molecule has 3 N–H and O–H groups in total. The van der Waals surface area contributed by atoms with Crippen LogP contribution in [0.15, 0.2) is 91.4 Å². The van der Waals surface area contributed by atoms with Gasteiger partial charge in [0.15, 0.2) is 0 Å². The summed E-state index contributed by atoms with van der Waals surface area (Å²) in [6.45, 7) is 31.7. The molecule has 0 spiro atoms. The maximum atomic E-state index is 14.5. The highest BCUT2D eigenvalue weighted by Gasteiger charge is 2.44. The number of aliphatic hydroxyl groups is 1. The van der Waals surface area contributed by atoms with Gasteiger partial charge in [-0.2, -0.15) is 10.4 Å². The zero-order chi connectivity index (χ0) is 62.5. The molecule has 0 radical (unpaired) electrons. The lowest BCUT2D eigenvalue weighted by Crippen LogP contribution is -2.51. The number of alkyl carbamates (subject to hydrolysis) is 1. The van der Waals surface area contributed by atoms with Crippen molar-refractivity contribution in [1.29, 1.82) is 5.26 Å². The summed E-state index contributed by atoms with van der Waals surface area (Å²) < 4.78 is 15.1. The number of fused-ring (bicyclic) bond motifs is 1. The van der Waals surface area contributed by atoms with Crippen LogP contribution < -0.4 is 15.4 Å². The van der Waals surface area contributed by atoms with E-state index in [9.17, 15) is 29.5 Å². The third kappa shape index (κ3) is 16.3. The first-order chi connectivity index (χ1) is 40.4. The quantitative estimate of drug-likeness (QED) is 0.0572. The van der Waals surface area contributed by atoms with Crippen molar-refractivity contribution >= 4 is 42.9 Å². The summed E-state index contributed by atoms with van der Waals surface area (Å²) in [6, 6.07) is 22.8. The Morgan fingerprint density at radius 1 is 0.884 bits per heavy atom.